The average molecular weight is 485 g/mol. The van der Waals surface area contributed by atoms with E-state index in [1.165, 1.54) is 0 Å². The molecule has 9 heteroatoms. The monoisotopic (exact) mass is 484 g/mol. The molecule has 184 valence electrons. The molecule has 0 spiro atoms. The molecule has 1 aromatic heterocycles. The van der Waals surface area contributed by atoms with Gasteiger partial charge in [-0.1, -0.05) is 12.1 Å². The van der Waals surface area contributed by atoms with Crippen molar-refractivity contribution in [1.82, 2.24) is 4.57 Å². The molecule has 1 saturated heterocycles. The van der Waals surface area contributed by atoms with E-state index in [1.54, 1.807) is 24.3 Å². The number of rotatable bonds is 5. The molecule has 0 aliphatic carbocycles. The molecule has 2 heterocycles. The Kier molecular flexibility index (Phi) is 6.77. The van der Waals surface area contributed by atoms with E-state index in [-0.39, 0.29) is 11.7 Å². The van der Waals surface area contributed by atoms with Crippen molar-refractivity contribution in [2.75, 3.05) is 36.5 Å². The Bertz CT molecular complexity index is 1270. The van der Waals surface area contributed by atoms with Crippen LogP contribution in [-0.2, 0) is 9.53 Å². The molecule has 1 N–H and O–H groups in total. The Morgan fingerprint density at radius 2 is 1.74 bits per heavy atom. The van der Waals surface area contributed by atoms with Crippen molar-refractivity contribution >= 4 is 28.2 Å². The first kappa shape index (κ1) is 24.6. The van der Waals surface area contributed by atoms with Gasteiger partial charge in [-0.05, 0) is 56.7 Å². The smallest absolute Gasteiger partial charge is 0.378 e. The number of hydrogen-bond acceptors (Lipinski definition) is 4. The zero-order valence-corrected chi connectivity index (χ0v) is 19.8. The van der Waals surface area contributed by atoms with Crippen LogP contribution in [0, 0.1) is 17.2 Å². The van der Waals surface area contributed by atoms with Crippen molar-refractivity contribution < 1.29 is 22.7 Å². The molecular weight excluding hydrogens is 457 g/mol. The van der Waals surface area contributed by atoms with Gasteiger partial charge in [-0.25, -0.2) is 0 Å². The summed E-state index contributed by atoms with van der Waals surface area (Å²) in [5, 5.41) is 13.2. The molecular formula is C26H27F3N4O2. The molecule has 0 bridgehead atoms. The fourth-order valence-electron chi connectivity index (χ4n) is 4.36. The quantitative estimate of drug-likeness (QED) is 0.502. The van der Waals surface area contributed by atoms with Gasteiger partial charge in [0.05, 0.1) is 30.0 Å². The van der Waals surface area contributed by atoms with Gasteiger partial charge in [-0.3, -0.25) is 4.79 Å². The highest BCUT2D eigenvalue weighted by Gasteiger charge is 2.41. The third-order valence-electron chi connectivity index (χ3n) is 6.30. The molecule has 1 fully saturated rings. The maximum Gasteiger partial charge on any atom is 0.400 e. The summed E-state index contributed by atoms with van der Waals surface area (Å²) in [5.74, 6) is -3.23. The number of benzene rings is 2. The largest absolute Gasteiger partial charge is 0.400 e. The maximum atomic E-state index is 12.8. The van der Waals surface area contributed by atoms with Crippen LogP contribution in [0.2, 0.25) is 0 Å². The van der Waals surface area contributed by atoms with E-state index in [4.69, 9.17) is 4.74 Å². The van der Waals surface area contributed by atoms with Crippen molar-refractivity contribution in [3.8, 4) is 17.3 Å². The molecule has 1 aliphatic rings. The molecule has 35 heavy (non-hydrogen) atoms. The minimum atomic E-state index is -4.61. The number of aromatic nitrogens is 1. The van der Waals surface area contributed by atoms with Crippen LogP contribution in [0.15, 0.2) is 42.5 Å². The lowest BCUT2D eigenvalue weighted by atomic mass is 10.0. The first-order valence-electron chi connectivity index (χ1n) is 11.5. The Hall–Kier alpha value is -3.51. The summed E-state index contributed by atoms with van der Waals surface area (Å²) in [6.07, 6.45) is -4.61. The molecule has 1 unspecified atom stereocenters. The summed E-state index contributed by atoms with van der Waals surface area (Å²) >= 11 is 0. The lowest BCUT2D eigenvalue weighted by Gasteiger charge is -2.29. The number of nitrogens with one attached hydrogen (secondary N) is 1. The molecule has 4 rings (SSSR count). The van der Waals surface area contributed by atoms with E-state index < -0.39 is 18.0 Å². The summed E-state index contributed by atoms with van der Waals surface area (Å²) in [5.41, 5.74) is 4.26. The summed E-state index contributed by atoms with van der Waals surface area (Å²) in [4.78, 5) is 14.2. The van der Waals surface area contributed by atoms with Gasteiger partial charge in [-0.15, -0.1) is 0 Å². The van der Waals surface area contributed by atoms with Crippen molar-refractivity contribution in [2.45, 2.75) is 33.0 Å². The lowest BCUT2D eigenvalue weighted by Crippen LogP contribution is -2.36. The predicted molar refractivity (Wildman–Crippen MR) is 129 cm³/mol. The first-order valence-corrected chi connectivity index (χ1v) is 11.5. The number of hydrogen-bond donors (Lipinski definition) is 1. The molecule has 2 aromatic carbocycles. The highest BCUT2D eigenvalue weighted by atomic mass is 19.4. The number of ether oxygens (including phenoxy) is 1. The zero-order valence-electron chi connectivity index (χ0n) is 19.8. The van der Waals surface area contributed by atoms with Gasteiger partial charge >= 0.3 is 6.18 Å². The number of nitriles is 1. The second kappa shape index (κ2) is 9.62. The number of nitrogens with zero attached hydrogens (tertiary/aromatic N) is 3. The zero-order chi connectivity index (χ0) is 25.3. The summed E-state index contributed by atoms with van der Waals surface area (Å²) < 4.78 is 46.1. The molecule has 0 radical (unpaired) electrons. The fraction of sp³-hybridized carbons (Fsp3) is 0.385. The van der Waals surface area contributed by atoms with Gasteiger partial charge in [0.25, 0.3) is 0 Å². The van der Waals surface area contributed by atoms with E-state index in [9.17, 15) is 23.2 Å². The summed E-state index contributed by atoms with van der Waals surface area (Å²) in [6.45, 7) is 7.84. The number of anilines is 2. The Labute approximate surface area is 201 Å². The van der Waals surface area contributed by atoms with Crippen LogP contribution in [0.25, 0.3) is 22.2 Å². The topological polar surface area (TPSA) is 70.3 Å². The number of carbonyl (C=O) groups excluding carboxylic acids is 1. The van der Waals surface area contributed by atoms with Gasteiger partial charge < -0.3 is 19.5 Å². The minimum Gasteiger partial charge on any atom is -0.378 e. The first-order chi connectivity index (χ1) is 16.6. The van der Waals surface area contributed by atoms with Gasteiger partial charge in [0.1, 0.15) is 12.0 Å². The van der Waals surface area contributed by atoms with E-state index in [2.05, 4.69) is 26.9 Å². The number of morpholine rings is 1. The standard InChI is InChI=1S/C26H27F3N4O2/c1-16(2)33-23-14-20(32-10-12-35-13-11-32)8-9-21(23)22(15-30)24(33)18-4-6-19(7-5-18)31-25(34)17(3)26(27,28)29/h4-9,14,16-17H,10-13H2,1-3H3,(H,31,34). The Morgan fingerprint density at radius 1 is 1.09 bits per heavy atom. The van der Waals surface area contributed by atoms with Crippen LogP contribution in [0.5, 0.6) is 0 Å². The second-order valence-corrected chi connectivity index (χ2v) is 8.93. The van der Waals surface area contributed by atoms with Crippen LogP contribution < -0.4 is 10.2 Å². The Balaban J connectivity index is 1.73. The number of amides is 1. The molecule has 6 nitrogen and oxygen atoms in total. The normalized spacial score (nSPS) is 15.3. The SMILES string of the molecule is CC(C)n1c(-c2ccc(NC(=O)C(C)C(F)(F)F)cc2)c(C#N)c2ccc(N3CCOCC3)cc21. The number of alkyl halides is 3. The average Bonchev–Trinajstić information content (AvgIpc) is 3.17. The Morgan fingerprint density at radius 3 is 2.31 bits per heavy atom. The molecule has 1 amide bonds. The molecule has 1 atom stereocenters. The number of carbonyl (C=O) groups is 1. The van der Waals surface area contributed by atoms with Crippen LogP contribution in [0.3, 0.4) is 0 Å². The minimum absolute atomic E-state index is 0.0431. The predicted octanol–water partition coefficient (Wildman–Crippen LogP) is 5.73. The van der Waals surface area contributed by atoms with Crippen LogP contribution >= 0.6 is 0 Å². The van der Waals surface area contributed by atoms with E-state index in [0.717, 1.165) is 47.9 Å². The van der Waals surface area contributed by atoms with E-state index in [1.807, 2.05) is 26.0 Å². The van der Waals surface area contributed by atoms with Crippen molar-refractivity contribution in [3.05, 3.63) is 48.0 Å². The van der Waals surface area contributed by atoms with Gasteiger partial charge in [0, 0.05) is 35.9 Å². The molecule has 3 aromatic rings. The third-order valence-corrected chi connectivity index (χ3v) is 6.30. The molecule has 0 saturated carbocycles. The van der Waals surface area contributed by atoms with E-state index in [0.29, 0.717) is 18.8 Å². The van der Waals surface area contributed by atoms with Crippen LogP contribution in [-0.4, -0.2) is 43.0 Å². The van der Waals surface area contributed by atoms with Crippen LogP contribution in [0.4, 0.5) is 24.5 Å². The maximum absolute atomic E-state index is 12.8. The van der Waals surface area contributed by atoms with Gasteiger partial charge in [0.2, 0.25) is 5.91 Å². The van der Waals surface area contributed by atoms with E-state index >= 15 is 0 Å². The van der Waals surface area contributed by atoms with Crippen molar-refractivity contribution in [3.63, 3.8) is 0 Å². The second-order valence-electron chi connectivity index (χ2n) is 8.93. The molecule has 1 aliphatic heterocycles. The van der Waals surface area contributed by atoms with Gasteiger partial charge in [0.15, 0.2) is 0 Å². The van der Waals surface area contributed by atoms with Crippen LogP contribution in [0.1, 0.15) is 32.4 Å². The van der Waals surface area contributed by atoms with Crippen molar-refractivity contribution in [2.24, 2.45) is 5.92 Å². The summed E-state index contributed by atoms with van der Waals surface area (Å²) in [6, 6.07) is 15.0. The number of halogens is 3. The highest BCUT2D eigenvalue weighted by molar-refractivity contribution is 5.97. The number of fused-ring (bicyclic) bond motifs is 1. The van der Waals surface area contributed by atoms with Crippen molar-refractivity contribution in [1.29, 1.82) is 5.26 Å². The third kappa shape index (κ3) is 4.84. The summed E-state index contributed by atoms with van der Waals surface area (Å²) in [7, 11) is 0. The lowest BCUT2D eigenvalue weighted by molar-refractivity contribution is -0.175. The highest BCUT2D eigenvalue weighted by Crippen LogP contribution is 2.38. The van der Waals surface area contributed by atoms with Gasteiger partial charge in [-0.2, -0.15) is 18.4 Å². The fourth-order valence-corrected chi connectivity index (χ4v) is 4.36.